The number of tetrazole rings is 1. The molecule has 2 aromatic rings. The number of hydrogen-bond acceptors (Lipinski definition) is 8. The summed E-state index contributed by atoms with van der Waals surface area (Å²) in [6.07, 6.45) is 2.06. The van der Waals surface area contributed by atoms with Crippen molar-refractivity contribution in [2.45, 2.75) is 30.6 Å². The molecule has 11 heteroatoms. The first-order valence-electron chi connectivity index (χ1n) is 9.22. The van der Waals surface area contributed by atoms with Gasteiger partial charge in [-0.25, -0.2) is 4.68 Å². The van der Waals surface area contributed by atoms with E-state index < -0.39 is 23.7 Å². The Morgan fingerprint density at radius 1 is 1.43 bits per heavy atom. The minimum atomic E-state index is -1.22. The quantitative estimate of drug-likeness (QED) is 0.532. The number of rotatable bonds is 6. The molecule has 0 spiro atoms. The first kappa shape index (κ1) is 20.4. The molecule has 30 heavy (non-hydrogen) atoms. The van der Waals surface area contributed by atoms with Crippen LogP contribution < -0.4 is 5.32 Å². The second kappa shape index (κ2) is 8.45. The molecule has 1 aliphatic heterocycles. The summed E-state index contributed by atoms with van der Waals surface area (Å²) < 4.78 is 6.61. The fourth-order valence-corrected chi connectivity index (χ4v) is 4.65. The molecule has 1 fully saturated rings. The van der Waals surface area contributed by atoms with Gasteiger partial charge in [-0.3, -0.25) is 9.59 Å². The van der Waals surface area contributed by atoms with E-state index in [2.05, 4.69) is 26.9 Å². The van der Waals surface area contributed by atoms with Crippen LogP contribution in [0.2, 0.25) is 5.02 Å². The summed E-state index contributed by atoms with van der Waals surface area (Å²) in [5.41, 5.74) is 0.760. The van der Waals surface area contributed by atoms with Crippen molar-refractivity contribution in [2.24, 2.45) is 5.92 Å². The maximum atomic E-state index is 12.9. The summed E-state index contributed by atoms with van der Waals surface area (Å²) in [6.45, 7) is 0. The number of thioether (sulfide) groups is 1. The lowest BCUT2D eigenvalue weighted by Gasteiger charge is -2.31. The molecule has 0 saturated heterocycles. The number of amides is 1. The minimum absolute atomic E-state index is 0.244. The zero-order valence-electron chi connectivity index (χ0n) is 15.9. The van der Waals surface area contributed by atoms with Gasteiger partial charge in [0, 0.05) is 10.9 Å². The average molecular weight is 445 g/mol. The predicted octanol–water partition coefficient (Wildman–Crippen LogP) is 2.33. The molecule has 4 rings (SSSR count). The van der Waals surface area contributed by atoms with Crippen molar-refractivity contribution in [2.75, 3.05) is 7.11 Å². The van der Waals surface area contributed by atoms with Gasteiger partial charge in [0.1, 0.15) is 5.92 Å². The highest BCUT2D eigenvalue weighted by Crippen LogP contribution is 2.43. The third-order valence-corrected chi connectivity index (χ3v) is 6.38. The van der Waals surface area contributed by atoms with Gasteiger partial charge in [-0.1, -0.05) is 41.6 Å². The van der Waals surface area contributed by atoms with E-state index >= 15 is 0 Å². The maximum absolute atomic E-state index is 12.9. The van der Waals surface area contributed by atoms with E-state index in [0.717, 1.165) is 12.8 Å². The molecule has 2 atom stereocenters. The van der Waals surface area contributed by atoms with Crippen LogP contribution in [0.4, 0.5) is 0 Å². The topological polar surface area (TPSA) is 123 Å². The van der Waals surface area contributed by atoms with Crippen LogP contribution in [0.3, 0.4) is 0 Å². The van der Waals surface area contributed by atoms with Gasteiger partial charge >= 0.3 is 5.97 Å². The number of ether oxygens (including phenoxy) is 1. The molecule has 1 aromatic heterocycles. The number of carbonyl (C=O) groups excluding carboxylic acids is 2. The Bertz CT molecular complexity index is 1070. The molecule has 1 N–H and O–H groups in total. The number of halogens is 1. The lowest BCUT2D eigenvalue weighted by Crippen LogP contribution is -2.44. The number of carbonyl (C=O) groups is 2. The molecule has 1 saturated carbocycles. The summed E-state index contributed by atoms with van der Waals surface area (Å²) in [6, 6.07) is 9.31. The van der Waals surface area contributed by atoms with E-state index in [1.165, 1.54) is 18.9 Å². The molecule has 9 nitrogen and oxygen atoms in total. The summed E-state index contributed by atoms with van der Waals surface area (Å²) in [5, 5.41) is 25.1. The number of hydrogen-bond donors (Lipinski definition) is 1. The third kappa shape index (κ3) is 3.78. The van der Waals surface area contributed by atoms with Crippen molar-refractivity contribution >= 4 is 35.2 Å². The van der Waals surface area contributed by atoms with E-state index in [4.69, 9.17) is 16.3 Å². The highest BCUT2D eigenvalue weighted by molar-refractivity contribution is 8.02. The number of benzene rings is 1. The monoisotopic (exact) mass is 444 g/mol. The molecule has 0 radical (unpaired) electrons. The molecule has 154 valence electrons. The number of nitrogens with zero attached hydrogens (tertiary/aromatic N) is 5. The Hall–Kier alpha value is -2.90. The number of esters is 1. The molecule has 1 amide bonds. The smallest absolute Gasteiger partial charge is 0.319 e. The van der Waals surface area contributed by atoms with Crippen LogP contribution in [0.1, 0.15) is 36.2 Å². The highest BCUT2D eigenvalue weighted by Gasteiger charge is 2.45. The van der Waals surface area contributed by atoms with Crippen molar-refractivity contribution in [3.8, 4) is 6.07 Å². The molecule has 1 aliphatic carbocycles. The van der Waals surface area contributed by atoms with E-state index in [0.29, 0.717) is 33.2 Å². The van der Waals surface area contributed by atoms with Crippen LogP contribution >= 0.6 is 23.4 Å². The van der Waals surface area contributed by atoms with Crippen molar-refractivity contribution in [1.29, 1.82) is 5.26 Å². The zero-order valence-corrected chi connectivity index (χ0v) is 17.5. The highest BCUT2D eigenvalue weighted by atomic mass is 35.5. The summed E-state index contributed by atoms with van der Waals surface area (Å²) in [4.78, 5) is 25.3. The lowest BCUT2D eigenvalue weighted by molar-refractivity contribution is -0.150. The van der Waals surface area contributed by atoms with Crippen molar-refractivity contribution in [3.63, 3.8) is 0 Å². The maximum Gasteiger partial charge on any atom is 0.319 e. The largest absolute Gasteiger partial charge is 0.468 e. The number of nitrogens with one attached hydrogen (secondary N) is 1. The summed E-state index contributed by atoms with van der Waals surface area (Å²) in [5.74, 6) is -2.33. The second-order valence-corrected chi connectivity index (χ2v) is 8.30. The summed E-state index contributed by atoms with van der Waals surface area (Å²) in [7, 11) is 1.21. The van der Waals surface area contributed by atoms with Gasteiger partial charge in [0.05, 0.1) is 35.6 Å². The van der Waals surface area contributed by atoms with Gasteiger partial charge in [0.25, 0.3) is 0 Å². The Morgan fingerprint density at radius 2 is 2.20 bits per heavy atom. The number of aromatic nitrogens is 4. The molecular weight excluding hydrogens is 428 g/mol. The zero-order chi connectivity index (χ0) is 21.3. The second-order valence-electron chi connectivity index (χ2n) is 6.90. The van der Waals surface area contributed by atoms with Crippen molar-refractivity contribution in [1.82, 2.24) is 25.5 Å². The fourth-order valence-electron chi connectivity index (χ4n) is 3.43. The fraction of sp³-hybridized carbons (Fsp3) is 0.368. The van der Waals surface area contributed by atoms with Crippen LogP contribution in [0.5, 0.6) is 0 Å². The van der Waals surface area contributed by atoms with Crippen LogP contribution in [-0.2, 0) is 20.1 Å². The van der Waals surface area contributed by atoms with Crippen LogP contribution in [0, 0.1) is 17.2 Å². The van der Waals surface area contributed by atoms with Crippen molar-refractivity contribution < 1.29 is 14.3 Å². The molecule has 2 aliphatic rings. The SMILES string of the molecule is COC(=O)C1C(=O)NC(SCc2nnnn2C2CC2)=C(C#N)C1c1ccccc1Cl. The number of allylic oxidation sites excluding steroid dienone is 1. The van der Waals surface area contributed by atoms with Gasteiger partial charge < -0.3 is 10.1 Å². The van der Waals surface area contributed by atoms with E-state index in [-0.39, 0.29) is 5.57 Å². The molecule has 1 aromatic carbocycles. The number of methoxy groups -OCH3 is 1. The first-order chi connectivity index (χ1) is 14.5. The molecule has 0 bridgehead atoms. The molecular formula is C19H17ClN6O3S. The van der Waals surface area contributed by atoms with Gasteiger partial charge in [-0.15, -0.1) is 5.10 Å². The van der Waals surface area contributed by atoms with Gasteiger partial charge in [0.2, 0.25) is 5.91 Å². The standard InChI is InChI=1S/C19H17ClN6O3S/c1-29-19(28)16-15(11-4-2-3-5-13(11)20)12(8-21)18(22-17(16)27)30-9-14-23-24-25-26(14)10-6-7-10/h2-5,10,15-16H,6-7,9H2,1H3,(H,22,27). The molecule has 2 heterocycles. The molecule has 2 unspecified atom stereocenters. The first-order valence-corrected chi connectivity index (χ1v) is 10.6. The van der Waals surface area contributed by atoms with E-state index in [1.807, 2.05) is 0 Å². The van der Waals surface area contributed by atoms with Gasteiger partial charge in [0.15, 0.2) is 5.82 Å². The lowest BCUT2D eigenvalue weighted by atomic mass is 9.78. The predicted molar refractivity (Wildman–Crippen MR) is 108 cm³/mol. The Morgan fingerprint density at radius 3 is 2.87 bits per heavy atom. The van der Waals surface area contributed by atoms with Gasteiger partial charge in [-0.05, 0) is 34.9 Å². The van der Waals surface area contributed by atoms with Crippen LogP contribution in [0.25, 0.3) is 0 Å². The normalized spacial score (nSPS) is 21.2. The third-order valence-electron chi connectivity index (χ3n) is 5.02. The van der Waals surface area contributed by atoms with Crippen molar-refractivity contribution in [3.05, 3.63) is 51.3 Å². The summed E-state index contributed by atoms with van der Waals surface area (Å²) >= 11 is 7.60. The Balaban J connectivity index is 1.72. The number of nitriles is 1. The van der Waals surface area contributed by atoms with Crippen LogP contribution in [0.15, 0.2) is 34.9 Å². The Kier molecular flexibility index (Phi) is 5.74. The van der Waals surface area contributed by atoms with E-state index in [9.17, 15) is 14.9 Å². The van der Waals surface area contributed by atoms with Gasteiger partial charge in [-0.2, -0.15) is 5.26 Å². The minimum Gasteiger partial charge on any atom is -0.468 e. The average Bonchev–Trinajstić information content (AvgIpc) is 3.49. The van der Waals surface area contributed by atoms with Crippen LogP contribution in [-0.4, -0.2) is 39.2 Å². The Labute approximate surface area is 181 Å². The van der Waals surface area contributed by atoms with E-state index in [1.54, 1.807) is 28.9 Å².